The molecule has 0 aliphatic heterocycles. The van der Waals surface area contributed by atoms with Crippen LogP contribution in [0.2, 0.25) is 0 Å². The van der Waals surface area contributed by atoms with Gasteiger partial charge >= 0.3 is 5.97 Å². The maximum absolute atomic E-state index is 11.2. The number of benzene rings is 1. The van der Waals surface area contributed by atoms with Gasteiger partial charge in [-0.05, 0) is 17.9 Å². The second-order valence-electron chi connectivity index (χ2n) is 4.86. The molecule has 0 aliphatic carbocycles. The van der Waals surface area contributed by atoms with E-state index in [0.29, 0.717) is 13.0 Å². The quantitative estimate of drug-likeness (QED) is 0.394. The Morgan fingerprint density at radius 1 is 1.40 bits per heavy atom. The summed E-state index contributed by atoms with van der Waals surface area (Å²) in [5.41, 5.74) is 1.19. The van der Waals surface area contributed by atoms with Crippen LogP contribution in [0.15, 0.2) is 43.0 Å². The zero-order valence-corrected chi connectivity index (χ0v) is 13.8. The lowest BCUT2D eigenvalue weighted by Crippen LogP contribution is -2.27. The van der Waals surface area contributed by atoms with Gasteiger partial charge in [0.2, 0.25) is 0 Å². The Morgan fingerprint density at radius 3 is 2.60 bits per heavy atom. The molecule has 1 aromatic rings. The van der Waals surface area contributed by atoms with Crippen molar-refractivity contribution in [1.82, 2.24) is 0 Å². The summed E-state index contributed by atoms with van der Waals surface area (Å²) >= 11 is 2.32. The van der Waals surface area contributed by atoms with E-state index in [0.717, 1.165) is 0 Å². The number of hydrogen-bond donors (Lipinski definition) is 1. The van der Waals surface area contributed by atoms with Crippen LogP contribution in [0.4, 0.5) is 0 Å². The van der Waals surface area contributed by atoms with E-state index < -0.39 is 11.9 Å². The van der Waals surface area contributed by atoms with Gasteiger partial charge in [0, 0.05) is 0 Å². The van der Waals surface area contributed by atoms with Crippen molar-refractivity contribution in [3.8, 4) is 0 Å². The van der Waals surface area contributed by atoms with E-state index in [4.69, 9.17) is 4.74 Å². The first-order chi connectivity index (χ1) is 9.56. The molecule has 0 radical (unpaired) electrons. The van der Waals surface area contributed by atoms with Crippen LogP contribution < -0.4 is 0 Å². The largest absolute Gasteiger partial charge is 0.481 e. The lowest BCUT2D eigenvalue weighted by atomic mass is 9.92. The van der Waals surface area contributed by atoms with E-state index >= 15 is 0 Å². The van der Waals surface area contributed by atoms with Crippen molar-refractivity contribution in [2.75, 3.05) is 13.2 Å². The number of alkyl halides is 1. The second-order valence-corrected chi connectivity index (χ2v) is 6.37. The predicted molar refractivity (Wildman–Crippen MR) is 89.1 cm³/mol. The minimum atomic E-state index is -0.802. The van der Waals surface area contributed by atoms with Crippen LogP contribution in [0.5, 0.6) is 0 Å². The van der Waals surface area contributed by atoms with Crippen molar-refractivity contribution in [2.24, 2.45) is 11.8 Å². The standard InChI is InChI=1S/C16H21IO3/c1-3-7-12(2)14(16(18)19)10-20-11-15(17)13-8-5-4-6-9-13/h3-6,8-9,12,14-15H,1,7,10-11H2,2H3,(H,18,19)/t12?,14?,15-/m1/s1. The normalized spacial score (nSPS) is 15.3. The monoisotopic (exact) mass is 388 g/mol. The molecule has 0 heterocycles. The number of carboxylic acid groups (broad SMARTS) is 1. The Balaban J connectivity index is 2.44. The third-order valence-electron chi connectivity index (χ3n) is 3.27. The molecule has 1 aromatic carbocycles. The number of allylic oxidation sites excluding steroid dienone is 1. The Bertz CT molecular complexity index is 419. The van der Waals surface area contributed by atoms with E-state index in [2.05, 4.69) is 41.3 Å². The minimum Gasteiger partial charge on any atom is -0.481 e. The van der Waals surface area contributed by atoms with Crippen LogP contribution in [0.25, 0.3) is 0 Å². The van der Waals surface area contributed by atoms with E-state index in [1.54, 1.807) is 6.08 Å². The number of carboxylic acids is 1. The Kier molecular flexibility index (Phi) is 7.84. The summed E-state index contributed by atoms with van der Waals surface area (Å²) < 4.78 is 5.85. The minimum absolute atomic E-state index is 0.0365. The molecule has 0 bridgehead atoms. The molecular weight excluding hydrogens is 367 g/mol. The maximum atomic E-state index is 11.2. The molecule has 0 spiro atoms. The Morgan fingerprint density at radius 2 is 2.05 bits per heavy atom. The number of carbonyl (C=O) groups is 1. The van der Waals surface area contributed by atoms with E-state index in [1.165, 1.54) is 5.56 Å². The molecule has 1 N–H and O–H groups in total. The average molecular weight is 388 g/mol. The van der Waals surface area contributed by atoms with Crippen LogP contribution in [0, 0.1) is 11.8 Å². The Labute approximate surface area is 134 Å². The molecule has 110 valence electrons. The van der Waals surface area contributed by atoms with E-state index in [9.17, 15) is 9.90 Å². The molecule has 0 saturated heterocycles. The lowest BCUT2D eigenvalue weighted by molar-refractivity contribution is -0.146. The summed E-state index contributed by atoms with van der Waals surface area (Å²) in [4.78, 5) is 11.2. The SMILES string of the molecule is C=CCC(C)C(COC[C@@H](I)c1ccccc1)C(=O)O. The average Bonchev–Trinajstić information content (AvgIpc) is 2.44. The molecule has 3 atom stereocenters. The van der Waals surface area contributed by atoms with Crippen LogP contribution in [0.1, 0.15) is 22.8 Å². The van der Waals surface area contributed by atoms with Crippen molar-refractivity contribution in [1.29, 1.82) is 0 Å². The summed E-state index contributed by atoms with van der Waals surface area (Å²) in [7, 11) is 0. The highest BCUT2D eigenvalue weighted by molar-refractivity contribution is 14.1. The van der Waals surface area contributed by atoms with Crippen molar-refractivity contribution < 1.29 is 14.6 Å². The number of hydrogen-bond acceptors (Lipinski definition) is 2. The summed E-state index contributed by atoms with van der Waals surface area (Å²) in [6, 6.07) is 10.1. The first kappa shape index (κ1) is 17.2. The van der Waals surface area contributed by atoms with Gasteiger partial charge in [-0.25, -0.2) is 0 Å². The molecular formula is C16H21IO3. The molecule has 0 saturated carbocycles. The number of aliphatic carboxylic acids is 1. The molecule has 1 rings (SSSR count). The third kappa shape index (κ3) is 5.63. The van der Waals surface area contributed by atoms with Crippen molar-refractivity contribution >= 4 is 28.6 Å². The van der Waals surface area contributed by atoms with Gasteiger partial charge in [0.05, 0.1) is 23.1 Å². The first-order valence-corrected chi connectivity index (χ1v) is 7.91. The highest BCUT2D eigenvalue weighted by Gasteiger charge is 2.24. The molecule has 20 heavy (non-hydrogen) atoms. The highest BCUT2D eigenvalue weighted by atomic mass is 127. The van der Waals surface area contributed by atoms with Gasteiger partial charge in [0.15, 0.2) is 0 Å². The van der Waals surface area contributed by atoms with Gasteiger partial charge < -0.3 is 9.84 Å². The maximum Gasteiger partial charge on any atom is 0.309 e. The van der Waals surface area contributed by atoms with Gasteiger partial charge in [-0.15, -0.1) is 6.58 Å². The van der Waals surface area contributed by atoms with Gasteiger partial charge in [-0.3, -0.25) is 4.79 Å². The first-order valence-electron chi connectivity index (χ1n) is 6.66. The molecule has 0 fully saturated rings. The fourth-order valence-electron chi connectivity index (χ4n) is 1.96. The number of rotatable bonds is 9. The molecule has 0 amide bonds. The molecule has 0 aromatic heterocycles. The predicted octanol–water partition coefficient (Wildman–Crippen LogP) is 4.09. The third-order valence-corrected chi connectivity index (χ3v) is 4.34. The summed E-state index contributed by atoms with van der Waals surface area (Å²) in [6.07, 6.45) is 2.44. The van der Waals surface area contributed by atoms with Crippen LogP contribution >= 0.6 is 22.6 Å². The van der Waals surface area contributed by atoms with Crippen molar-refractivity contribution in [3.63, 3.8) is 0 Å². The topological polar surface area (TPSA) is 46.5 Å². The van der Waals surface area contributed by atoms with Gasteiger partial charge in [0.1, 0.15) is 0 Å². The van der Waals surface area contributed by atoms with E-state index in [1.807, 2.05) is 25.1 Å². The fourth-order valence-corrected chi connectivity index (χ4v) is 2.63. The second kappa shape index (κ2) is 9.13. The summed E-state index contributed by atoms with van der Waals surface area (Å²) in [6.45, 7) is 6.34. The fraction of sp³-hybridized carbons (Fsp3) is 0.438. The van der Waals surface area contributed by atoms with Crippen LogP contribution in [-0.2, 0) is 9.53 Å². The number of halogens is 1. The zero-order chi connectivity index (χ0) is 15.0. The zero-order valence-electron chi connectivity index (χ0n) is 11.7. The van der Waals surface area contributed by atoms with Crippen LogP contribution in [0.3, 0.4) is 0 Å². The highest BCUT2D eigenvalue weighted by Crippen LogP contribution is 2.24. The van der Waals surface area contributed by atoms with Gasteiger partial charge in [0.25, 0.3) is 0 Å². The van der Waals surface area contributed by atoms with Gasteiger partial charge in [-0.1, -0.05) is 65.9 Å². The molecule has 3 nitrogen and oxygen atoms in total. The smallest absolute Gasteiger partial charge is 0.309 e. The summed E-state index contributed by atoms with van der Waals surface area (Å²) in [5, 5.41) is 9.24. The van der Waals surface area contributed by atoms with Gasteiger partial charge in [-0.2, -0.15) is 0 Å². The Hall–Kier alpha value is -0.880. The lowest BCUT2D eigenvalue weighted by Gasteiger charge is -2.20. The van der Waals surface area contributed by atoms with Crippen LogP contribution in [-0.4, -0.2) is 24.3 Å². The number of ether oxygens (including phenoxy) is 1. The molecule has 4 heteroatoms. The van der Waals surface area contributed by atoms with Crippen molar-refractivity contribution in [3.05, 3.63) is 48.6 Å². The van der Waals surface area contributed by atoms with E-state index in [-0.39, 0.29) is 16.4 Å². The summed E-state index contributed by atoms with van der Waals surface area (Å²) in [5.74, 6) is -1.24. The molecule has 2 unspecified atom stereocenters. The molecule has 0 aliphatic rings. The van der Waals surface area contributed by atoms with Crippen molar-refractivity contribution in [2.45, 2.75) is 17.3 Å².